The highest BCUT2D eigenvalue weighted by Crippen LogP contribution is 2.31. The summed E-state index contributed by atoms with van der Waals surface area (Å²) in [7, 11) is 0. The Balaban J connectivity index is 1.39. The molecule has 160 valence electrons. The van der Waals surface area contributed by atoms with E-state index in [-0.39, 0.29) is 36.7 Å². The number of furan rings is 1. The zero-order chi connectivity index (χ0) is 22.1. The van der Waals surface area contributed by atoms with E-state index in [0.29, 0.717) is 34.8 Å². The largest absolute Gasteiger partial charge is 0.490 e. The molecule has 2 aromatic carbocycles. The van der Waals surface area contributed by atoms with Crippen LogP contribution < -0.4 is 10.1 Å². The Morgan fingerprint density at radius 2 is 1.90 bits per heavy atom. The number of para-hydroxylation sites is 1. The van der Waals surface area contributed by atoms with Crippen LogP contribution in [0.5, 0.6) is 5.75 Å². The lowest BCUT2D eigenvalue weighted by molar-refractivity contribution is -0.121. The lowest BCUT2D eigenvalue weighted by atomic mass is 10.1. The summed E-state index contributed by atoms with van der Waals surface area (Å²) >= 11 is 0. The molecule has 1 atom stereocenters. The van der Waals surface area contributed by atoms with Gasteiger partial charge in [0.25, 0.3) is 11.8 Å². The van der Waals surface area contributed by atoms with Crippen molar-refractivity contribution in [3.8, 4) is 5.75 Å². The first-order valence-electron chi connectivity index (χ1n) is 10.3. The first-order chi connectivity index (χ1) is 14.9. The van der Waals surface area contributed by atoms with Crippen LogP contribution in [-0.4, -0.2) is 35.8 Å². The topological polar surface area (TPSA) is 88.9 Å². The number of nitrogens with one attached hydrogen (secondary N) is 1. The van der Waals surface area contributed by atoms with Crippen molar-refractivity contribution in [2.75, 3.05) is 13.2 Å². The van der Waals surface area contributed by atoms with Gasteiger partial charge < -0.3 is 14.5 Å². The molecule has 1 unspecified atom stereocenters. The van der Waals surface area contributed by atoms with E-state index in [4.69, 9.17) is 9.15 Å². The Labute approximate surface area is 180 Å². The van der Waals surface area contributed by atoms with Gasteiger partial charge in [-0.15, -0.1) is 0 Å². The van der Waals surface area contributed by atoms with Crippen molar-refractivity contribution in [2.24, 2.45) is 0 Å². The van der Waals surface area contributed by atoms with E-state index >= 15 is 0 Å². The summed E-state index contributed by atoms with van der Waals surface area (Å²) in [6.07, 6.45) is 0.0131. The predicted octanol–water partition coefficient (Wildman–Crippen LogP) is 4.00. The number of hydrogen-bond acceptors (Lipinski definition) is 5. The molecular formula is C24H24N2O5. The van der Waals surface area contributed by atoms with Crippen molar-refractivity contribution in [1.29, 1.82) is 0 Å². The average molecular weight is 420 g/mol. The third-order valence-electron chi connectivity index (χ3n) is 5.32. The molecule has 0 bridgehead atoms. The Morgan fingerprint density at radius 1 is 1.13 bits per heavy atom. The van der Waals surface area contributed by atoms with Crippen molar-refractivity contribution in [3.05, 3.63) is 64.9 Å². The first-order valence-corrected chi connectivity index (χ1v) is 10.3. The summed E-state index contributed by atoms with van der Waals surface area (Å²) in [6, 6.07) is 12.3. The van der Waals surface area contributed by atoms with Crippen LogP contribution in [0, 0.1) is 6.92 Å². The van der Waals surface area contributed by atoms with Crippen LogP contribution in [0.1, 0.15) is 58.3 Å². The quantitative estimate of drug-likeness (QED) is 0.584. The van der Waals surface area contributed by atoms with Gasteiger partial charge in [0.1, 0.15) is 5.76 Å². The van der Waals surface area contributed by atoms with Gasteiger partial charge in [0.2, 0.25) is 5.91 Å². The number of amides is 3. The Bertz CT molecular complexity index is 1180. The van der Waals surface area contributed by atoms with E-state index < -0.39 is 0 Å². The molecule has 4 rings (SSSR count). The van der Waals surface area contributed by atoms with E-state index in [2.05, 4.69) is 5.32 Å². The van der Waals surface area contributed by atoms with Gasteiger partial charge in [-0.25, -0.2) is 0 Å². The van der Waals surface area contributed by atoms with Gasteiger partial charge in [-0.1, -0.05) is 23.8 Å². The maximum absolute atomic E-state index is 12.5. The summed E-state index contributed by atoms with van der Waals surface area (Å²) in [6.45, 7) is 6.14. The average Bonchev–Trinajstić information content (AvgIpc) is 3.28. The molecule has 0 aliphatic carbocycles. The highest BCUT2D eigenvalue weighted by Gasteiger charge is 2.35. The third-order valence-corrected chi connectivity index (χ3v) is 5.32. The molecule has 1 aliphatic rings. The molecule has 1 aromatic heterocycles. The molecule has 0 saturated carbocycles. The molecule has 0 spiro atoms. The van der Waals surface area contributed by atoms with Crippen LogP contribution in [0.3, 0.4) is 0 Å². The summed E-state index contributed by atoms with van der Waals surface area (Å²) < 4.78 is 11.5. The number of hydrogen-bond donors (Lipinski definition) is 1. The van der Waals surface area contributed by atoms with Gasteiger partial charge in [0, 0.05) is 18.4 Å². The molecule has 1 N–H and O–H groups in total. The Morgan fingerprint density at radius 3 is 2.68 bits per heavy atom. The molecule has 7 nitrogen and oxygen atoms in total. The predicted molar refractivity (Wildman–Crippen MR) is 115 cm³/mol. The maximum atomic E-state index is 12.5. The number of imide groups is 1. The van der Waals surface area contributed by atoms with Crippen molar-refractivity contribution in [2.45, 2.75) is 33.2 Å². The number of carbonyl (C=O) groups excluding carboxylic acids is 3. The molecule has 0 fully saturated rings. The van der Waals surface area contributed by atoms with Crippen molar-refractivity contribution in [1.82, 2.24) is 10.2 Å². The number of aryl methyl sites for hydroxylation is 1. The summed E-state index contributed by atoms with van der Waals surface area (Å²) in [5.41, 5.74) is 2.33. The molecule has 0 saturated heterocycles. The standard InChI is InChI=1S/C24H24N2O5/c1-4-30-19-7-5-6-16-13-20(31-22(16)19)15(3)25-21(27)10-11-26-23(28)17-9-8-14(2)12-18(17)24(26)29/h5-9,12-13,15H,4,10-11H2,1-3H3,(H,25,27). The lowest BCUT2D eigenvalue weighted by Crippen LogP contribution is -2.35. The van der Waals surface area contributed by atoms with E-state index in [1.165, 1.54) is 0 Å². The Kier molecular flexibility index (Phi) is 5.50. The van der Waals surface area contributed by atoms with Crippen LogP contribution in [0.15, 0.2) is 46.9 Å². The van der Waals surface area contributed by atoms with Crippen LogP contribution in [-0.2, 0) is 4.79 Å². The van der Waals surface area contributed by atoms with Crippen LogP contribution in [0.2, 0.25) is 0 Å². The lowest BCUT2D eigenvalue weighted by Gasteiger charge is -2.15. The summed E-state index contributed by atoms with van der Waals surface area (Å²) in [5.74, 6) is 0.273. The fourth-order valence-electron chi connectivity index (χ4n) is 3.74. The van der Waals surface area contributed by atoms with Gasteiger partial charge in [0.05, 0.1) is 23.8 Å². The number of fused-ring (bicyclic) bond motifs is 2. The molecule has 7 heteroatoms. The molecule has 1 aliphatic heterocycles. The van der Waals surface area contributed by atoms with Crippen LogP contribution in [0.25, 0.3) is 11.0 Å². The third kappa shape index (κ3) is 3.91. The fraction of sp³-hybridized carbons (Fsp3) is 0.292. The molecule has 3 aromatic rings. The minimum absolute atomic E-state index is 0.0131. The minimum Gasteiger partial charge on any atom is -0.490 e. The Hall–Kier alpha value is -3.61. The zero-order valence-corrected chi connectivity index (χ0v) is 17.7. The highest BCUT2D eigenvalue weighted by molar-refractivity contribution is 6.21. The second-order valence-electron chi connectivity index (χ2n) is 7.61. The van der Waals surface area contributed by atoms with Crippen molar-refractivity contribution >= 4 is 28.7 Å². The smallest absolute Gasteiger partial charge is 0.261 e. The maximum Gasteiger partial charge on any atom is 0.261 e. The normalized spacial score (nSPS) is 14.1. The first kappa shape index (κ1) is 20.7. The second kappa shape index (κ2) is 8.26. The van der Waals surface area contributed by atoms with E-state index in [1.807, 2.05) is 45.0 Å². The van der Waals surface area contributed by atoms with Gasteiger partial charge in [0.15, 0.2) is 11.3 Å². The summed E-state index contributed by atoms with van der Waals surface area (Å²) in [5, 5.41) is 3.76. The minimum atomic E-state index is -0.376. The van der Waals surface area contributed by atoms with Crippen molar-refractivity contribution < 1.29 is 23.5 Å². The SMILES string of the molecule is CCOc1cccc2cc(C(C)NC(=O)CCN3C(=O)c4ccc(C)cc4C3=O)oc12. The highest BCUT2D eigenvalue weighted by atomic mass is 16.5. The van der Waals surface area contributed by atoms with E-state index in [1.54, 1.807) is 18.2 Å². The number of ether oxygens (including phenoxy) is 1. The van der Waals surface area contributed by atoms with E-state index in [9.17, 15) is 14.4 Å². The fourth-order valence-corrected chi connectivity index (χ4v) is 3.74. The van der Waals surface area contributed by atoms with Crippen molar-refractivity contribution in [3.63, 3.8) is 0 Å². The second-order valence-corrected chi connectivity index (χ2v) is 7.61. The van der Waals surface area contributed by atoms with E-state index in [0.717, 1.165) is 15.8 Å². The monoisotopic (exact) mass is 420 g/mol. The number of benzene rings is 2. The van der Waals surface area contributed by atoms with Gasteiger partial charge in [-0.05, 0) is 45.0 Å². The van der Waals surface area contributed by atoms with Gasteiger partial charge in [-0.2, -0.15) is 0 Å². The molecule has 2 heterocycles. The number of nitrogens with zero attached hydrogens (tertiary/aromatic N) is 1. The summed E-state index contributed by atoms with van der Waals surface area (Å²) in [4.78, 5) is 38.7. The van der Waals surface area contributed by atoms with Crippen LogP contribution in [0.4, 0.5) is 0 Å². The van der Waals surface area contributed by atoms with Crippen LogP contribution >= 0.6 is 0 Å². The molecule has 31 heavy (non-hydrogen) atoms. The number of carbonyl (C=O) groups is 3. The number of rotatable bonds is 7. The molecular weight excluding hydrogens is 396 g/mol. The molecule has 3 amide bonds. The van der Waals surface area contributed by atoms with Gasteiger partial charge in [-0.3, -0.25) is 19.3 Å². The molecule has 0 radical (unpaired) electrons. The van der Waals surface area contributed by atoms with Gasteiger partial charge >= 0.3 is 0 Å². The zero-order valence-electron chi connectivity index (χ0n) is 17.7.